The molecule has 0 unspecified atom stereocenters. The molecule has 1 heterocycles. The second-order valence-corrected chi connectivity index (χ2v) is 5.62. The summed E-state index contributed by atoms with van der Waals surface area (Å²) in [6.45, 7) is 2.08. The van der Waals surface area contributed by atoms with Crippen molar-refractivity contribution in [2.75, 3.05) is 5.73 Å². The first kappa shape index (κ1) is 14.6. The lowest BCUT2D eigenvalue weighted by atomic mass is 10.2. The van der Waals surface area contributed by atoms with E-state index in [0.29, 0.717) is 27.3 Å². The smallest absolute Gasteiger partial charge is 0.163 e. The molecule has 6 heteroatoms. The number of halogens is 3. The molecule has 0 spiro atoms. The fourth-order valence-corrected chi connectivity index (χ4v) is 2.47. The van der Waals surface area contributed by atoms with Crippen molar-refractivity contribution in [3.05, 3.63) is 38.4 Å². The highest BCUT2D eigenvalue weighted by Gasteiger charge is 2.14. The van der Waals surface area contributed by atoms with Crippen LogP contribution in [0.2, 0.25) is 10.0 Å². The fraction of sp³-hybridized carbons (Fsp3) is 0.231. The van der Waals surface area contributed by atoms with E-state index in [2.05, 4.69) is 32.8 Å². The molecule has 2 aromatic rings. The Hall–Kier alpha value is -0.840. The minimum atomic E-state index is 0.407. The Kier molecular flexibility index (Phi) is 4.66. The van der Waals surface area contributed by atoms with E-state index in [9.17, 15) is 0 Å². The van der Waals surface area contributed by atoms with Crippen molar-refractivity contribution >= 4 is 44.9 Å². The Morgan fingerprint density at radius 3 is 2.68 bits per heavy atom. The minimum Gasteiger partial charge on any atom is -0.383 e. The van der Waals surface area contributed by atoms with Gasteiger partial charge in [-0.2, -0.15) is 0 Å². The number of nitrogens with two attached hydrogens (primary N) is 1. The average Bonchev–Trinajstić information content (AvgIpc) is 2.38. The van der Waals surface area contributed by atoms with Gasteiger partial charge >= 0.3 is 0 Å². The molecule has 0 aliphatic carbocycles. The maximum atomic E-state index is 6.18. The molecule has 0 fully saturated rings. The molecular weight excluding hydrogens is 349 g/mol. The van der Waals surface area contributed by atoms with Gasteiger partial charge in [0.05, 0.1) is 20.2 Å². The number of hydrogen-bond acceptors (Lipinski definition) is 3. The topological polar surface area (TPSA) is 51.8 Å². The highest BCUT2D eigenvalue weighted by Crippen LogP contribution is 2.33. The predicted octanol–water partition coefficient (Wildman–Crippen LogP) is 4.75. The molecule has 0 atom stereocenters. The van der Waals surface area contributed by atoms with Crippen molar-refractivity contribution in [2.24, 2.45) is 0 Å². The quantitative estimate of drug-likeness (QED) is 0.859. The molecule has 2 rings (SSSR count). The maximum absolute atomic E-state index is 6.18. The zero-order valence-electron chi connectivity index (χ0n) is 10.3. The predicted molar refractivity (Wildman–Crippen MR) is 83.6 cm³/mol. The Labute approximate surface area is 130 Å². The monoisotopic (exact) mass is 359 g/mol. The van der Waals surface area contributed by atoms with Crippen LogP contribution in [0.15, 0.2) is 22.7 Å². The number of nitrogens with zero attached hydrogens (tertiary/aromatic N) is 2. The fourth-order valence-electron chi connectivity index (χ4n) is 1.71. The summed E-state index contributed by atoms with van der Waals surface area (Å²) in [5.74, 6) is 0.904. The van der Waals surface area contributed by atoms with E-state index >= 15 is 0 Å². The van der Waals surface area contributed by atoms with Gasteiger partial charge in [0, 0.05) is 5.56 Å². The van der Waals surface area contributed by atoms with Gasteiger partial charge in [-0.05, 0) is 34.5 Å². The highest BCUT2D eigenvalue weighted by molar-refractivity contribution is 9.10. The van der Waals surface area contributed by atoms with Crippen molar-refractivity contribution in [3.8, 4) is 11.4 Å². The van der Waals surface area contributed by atoms with E-state index in [-0.39, 0.29) is 0 Å². The average molecular weight is 361 g/mol. The van der Waals surface area contributed by atoms with Crippen molar-refractivity contribution in [1.29, 1.82) is 0 Å². The molecule has 100 valence electrons. The minimum absolute atomic E-state index is 0.407. The van der Waals surface area contributed by atoms with Crippen LogP contribution in [0.3, 0.4) is 0 Å². The van der Waals surface area contributed by atoms with Gasteiger partial charge in [0.15, 0.2) is 5.82 Å². The van der Waals surface area contributed by atoms with E-state index in [1.165, 1.54) is 0 Å². The van der Waals surface area contributed by atoms with Crippen LogP contribution in [0.4, 0.5) is 5.82 Å². The van der Waals surface area contributed by atoms with Crippen LogP contribution in [0, 0.1) is 0 Å². The summed E-state index contributed by atoms with van der Waals surface area (Å²) in [5, 5.41) is 0.912. The molecule has 0 radical (unpaired) electrons. The van der Waals surface area contributed by atoms with E-state index < -0.39 is 0 Å². The number of aryl methyl sites for hydroxylation is 1. The second kappa shape index (κ2) is 6.07. The summed E-state index contributed by atoms with van der Waals surface area (Å²) in [5.41, 5.74) is 7.46. The van der Waals surface area contributed by atoms with Gasteiger partial charge in [-0.25, -0.2) is 9.97 Å². The number of anilines is 1. The van der Waals surface area contributed by atoms with Crippen molar-refractivity contribution < 1.29 is 0 Å². The van der Waals surface area contributed by atoms with Gasteiger partial charge < -0.3 is 5.73 Å². The SMILES string of the molecule is CCCc1nc(-c2cccc(Cl)c2Cl)nc(N)c1Br. The second-order valence-electron chi connectivity index (χ2n) is 4.04. The van der Waals surface area contributed by atoms with Crippen molar-refractivity contribution in [1.82, 2.24) is 9.97 Å². The van der Waals surface area contributed by atoms with Crippen molar-refractivity contribution in [2.45, 2.75) is 19.8 Å². The molecule has 2 N–H and O–H groups in total. The van der Waals surface area contributed by atoms with Gasteiger partial charge in [0.1, 0.15) is 5.82 Å². The molecular formula is C13H12BrCl2N3. The lowest BCUT2D eigenvalue weighted by Crippen LogP contribution is -2.03. The van der Waals surface area contributed by atoms with Gasteiger partial charge in [-0.1, -0.05) is 42.6 Å². The lowest BCUT2D eigenvalue weighted by molar-refractivity contribution is 0.870. The van der Waals surface area contributed by atoms with E-state index in [1.807, 2.05) is 12.1 Å². The summed E-state index contributed by atoms with van der Waals surface area (Å²) in [6, 6.07) is 5.36. The van der Waals surface area contributed by atoms with Crippen LogP contribution < -0.4 is 5.73 Å². The van der Waals surface area contributed by atoms with E-state index in [1.54, 1.807) is 6.07 Å². The van der Waals surface area contributed by atoms with Crippen LogP contribution >= 0.6 is 39.1 Å². The largest absolute Gasteiger partial charge is 0.383 e. The standard InChI is InChI=1S/C13H12BrCl2N3/c1-2-4-9-10(14)12(17)19-13(18-9)7-5-3-6-8(15)11(7)16/h3,5-6H,2,4H2,1H3,(H2,17,18,19). The summed E-state index contributed by atoms with van der Waals surface area (Å²) in [7, 11) is 0. The molecule has 0 bridgehead atoms. The molecule has 0 aliphatic heterocycles. The van der Waals surface area contributed by atoms with E-state index in [4.69, 9.17) is 28.9 Å². The summed E-state index contributed by atoms with van der Waals surface area (Å²) < 4.78 is 0.747. The maximum Gasteiger partial charge on any atom is 0.163 e. The number of aromatic nitrogens is 2. The molecule has 1 aromatic carbocycles. The summed E-state index contributed by atoms with van der Waals surface area (Å²) >= 11 is 15.6. The Balaban J connectivity index is 2.59. The number of benzene rings is 1. The third-order valence-corrected chi connectivity index (χ3v) is 4.31. The molecule has 19 heavy (non-hydrogen) atoms. The molecule has 0 saturated carbocycles. The number of rotatable bonds is 3. The van der Waals surface area contributed by atoms with Crippen LogP contribution in [0.5, 0.6) is 0 Å². The van der Waals surface area contributed by atoms with Crippen LogP contribution in [-0.4, -0.2) is 9.97 Å². The summed E-state index contributed by atoms with van der Waals surface area (Å²) in [6.07, 6.45) is 1.79. The third kappa shape index (κ3) is 3.02. The van der Waals surface area contributed by atoms with Gasteiger partial charge in [0.25, 0.3) is 0 Å². The van der Waals surface area contributed by atoms with Crippen molar-refractivity contribution in [3.63, 3.8) is 0 Å². The Morgan fingerprint density at radius 2 is 2.00 bits per heavy atom. The molecule has 0 aliphatic rings. The first-order valence-electron chi connectivity index (χ1n) is 5.80. The van der Waals surface area contributed by atoms with Crippen LogP contribution in [-0.2, 0) is 6.42 Å². The molecule has 0 amide bonds. The lowest BCUT2D eigenvalue weighted by Gasteiger charge is -2.10. The van der Waals surface area contributed by atoms with Gasteiger partial charge in [-0.15, -0.1) is 0 Å². The molecule has 1 aromatic heterocycles. The first-order valence-corrected chi connectivity index (χ1v) is 7.35. The highest BCUT2D eigenvalue weighted by atomic mass is 79.9. The third-order valence-electron chi connectivity index (χ3n) is 2.62. The zero-order chi connectivity index (χ0) is 14.0. The van der Waals surface area contributed by atoms with Crippen LogP contribution in [0.25, 0.3) is 11.4 Å². The Bertz CT molecular complexity index is 617. The van der Waals surface area contributed by atoms with Gasteiger partial charge in [-0.3, -0.25) is 0 Å². The molecule has 0 saturated heterocycles. The normalized spacial score (nSPS) is 10.7. The summed E-state index contributed by atoms with van der Waals surface area (Å²) in [4.78, 5) is 8.78. The van der Waals surface area contributed by atoms with Gasteiger partial charge in [0.2, 0.25) is 0 Å². The molecule has 3 nitrogen and oxygen atoms in total. The van der Waals surface area contributed by atoms with Crippen LogP contribution in [0.1, 0.15) is 19.0 Å². The Morgan fingerprint density at radius 1 is 1.26 bits per heavy atom. The van der Waals surface area contributed by atoms with E-state index in [0.717, 1.165) is 23.0 Å². The number of nitrogen functional groups attached to an aromatic ring is 1. The first-order chi connectivity index (χ1) is 9.04. The number of hydrogen-bond donors (Lipinski definition) is 1. The zero-order valence-corrected chi connectivity index (χ0v) is 13.3.